The van der Waals surface area contributed by atoms with Crippen molar-refractivity contribution < 1.29 is 14.3 Å². The van der Waals surface area contributed by atoms with Crippen LogP contribution in [-0.4, -0.2) is 44.7 Å². The third kappa shape index (κ3) is 5.28. The van der Waals surface area contributed by atoms with Crippen LogP contribution in [0.4, 0.5) is 21.6 Å². The summed E-state index contributed by atoms with van der Waals surface area (Å²) in [6.45, 7) is 5.03. The molecule has 3 aromatic heterocycles. The number of halogens is 1. The molecule has 0 unspecified atom stereocenters. The normalized spacial score (nSPS) is 19.7. The van der Waals surface area contributed by atoms with Crippen molar-refractivity contribution in [2.75, 3.05) is 24.2 Å². The Hall–Kier alpha value is -3.93. The molecule has 2 atom stereocenters. The lowest BCUT2D eigenvalue weighted by Gasteiger charge is -2.22. The quantitative estimate of drug-likeness (QED) is 0.243. The maximum absolute atomic E-state index is 14.7. The maximum atomic E-state index is 14.7. The van der Waals surface area contributed by atoms with Crippen molar-refractivity contribution in [2.45, 2.75) is 45.3 Å². The molecule has 6 rings (SSSR count). The molecule has 4 aromatic rings. The molecule has 0 radical (unpaired) electrons. The highest BCUT2D eigenvalue weighted by Crippen LogP contribution is 2.48. The summed E-state index contributed by atoms with van der Waals surface area (Å²) in [5.41, 5.74) is 2.28. The number of anilines is 3. The first-order valence-corrected chi connectivity index (χ1v) is 14.4. The van der Waals surface area contributed by atoms with E-state index in [4.69, 9.17) is 0 Å². The van der Waals surface area contributed by atoms with E-state index in [2.05, 4.69) is 37.8 Å². The Bertz CT molecular complexity index is 1680. The maximum Gasteiger partial charge on any atom is 0.287 e. The second-order valence-electron chi connectivity index (χ2n) is 11.4. The van der Waals surface area contributed by atoms with Crippen LogP contribution >= 0.6 is 11.3 Å². The van der Waals surface area contributed by atoms with E-state index in [0.29, 0.717) is 34.4 Å². The first-order chi connectivity index (χ1) is 19.6. The van der Waals surface area contributed by atoms with E-state index < -0.39 is 23.4 Å². The van der Waals surface area contributed by atoms with Crippen LogP contribution in [-0.2, 0) is 6.42 Å². The number of aliphatic hydroxyl groups excluding tert-OH is 1. The van der Waals surface area contributed by atoms with Gasteiger partial charge in [0.05, 0.1) is 22.4 Å². The molecular formula is C30H31FN6O3S. The zero-order valence-corrected chi connectivity index (χ0v) is 23.8. The lowest BCUT2D eigenvalue weighted by molar-refractivity contribution is 0.0665. The molecule has 4 N–H and O–H groups in total. The van der Waals surface area contributed by atoms with Crippen LogP contribution in [0.3, 0.4) is 0 Å². The molecule has 1 aromatic carbocycles. The van der Waals surface area contributed by atoms with Gasteiger partial charge in [0.1, 0.15) is 17.3 Å². The van der Waals surface area contributed by atoms with Gasteiger partial charge in [-0.05, 0) is 85.8 Å². The number of carbonyl (C=O) groups excluding carboxylic acids is 1. The molecule has 41 heavy (non-hydrogen) atoms. The number of aromatic amines is 1. The van der Waals surface area contributed by atoms with Crippen LogP contribution in [0, 0.1) is 11.2 Å². The van der Waals surface area contributed by atoms with Crippen LogP contribution in [0.15, 0.2) is 53.5 Å². The minimum Gasteiger partial charge on any atom is -0.388 e. The van der Waals surface area contributed by atoms with E-state index in [1.165, 1.54) is 29.5 Å². The summed E-state index contributed by atoms with van der Waals surface area (Å²) in [6.07, 6.45) is 4.10. The van der Waals surface area contributed by atoms with Crippen molar-refractivity contribution in [3.05, 3.63) is 85.7 Å². The second kappa shape index (κ2) is 10.5. The second-order valence-corrected chi connectivity index (χ2v) is 12.6. The van der Waals surface area contributed by atoms with Crippen molar-refractivity contribution >= 4 is 34.4 Å². The molecule has 11 heteroatoms. The zero-order valence-electron chi connectivity index (χ0n) is 23.0. The SMILES string of the molecule is CN1CCC[C@H]1c1ccc(Nc2cc(-c3ccc(F)c(NC(=O)c4cc5c(s4)CC(C)(C)[C@@H]5O)c3)n[nH]c2=O)nc1. The number of aliphatic hydroxyl groups is 1. The number of nitrogens with one attached hydrogen (secondary N) is 3. The number of amides is 1. The van der Waals surface area contributed by atoms with E-state index in [9.17, 15) is 19.1 Å². The van der Waals surface area contributed by atoms with Crippen molar-refractivity contribution in [1.29, 1.82) is 0 Å². The molecular weight excluding hydrogens is 543 g/mol. The summed E-state index contributed by atoms with van der Waals surface area (Å²) >= 11 is 1.31. The van der Waals surface area contributed by atoms with Crippen molar-refractivity contribution in [3.63, 3.8) is 0 Å². The number of rotatable bonds is 6. The van der Waals surface area contributed by atoms with Crippen LogP contribution < -0.4 is 16.2 Å². The average molecular weight is 575 g/mol. The standard InChI is InChI=1S/C30H31FN6O3S/c1-30(2)14-25-18(27(30)38)12-24(41-25)29(40)34-21-11-16(6-8-19(21)31)20-13-22(28(39)36-35-20)33-26-9-7-17(15-32-26)23-5-4-10-37(23)3/h6-9,11-13,15,23,27,38H,4-5,10,14H2,1-3H3,(H,34,40)(H,36,39)(H,32,33,35)/t23-,27+/m0/s1. The Labute approximate surface area is 240 Å². The number of H-pyrrole nitrogens is 1. The molecule has 0 saturated carbocycles. The number of carbonyl (C=O) groups is 1. The van der Waals surface area contributed by atoms with Gasteiger partial charge in [-0.2, -0.15) is 5.10 Å². The van der Waals surface area contributed by atoms with Crippen LogP contribution in [0.2, 0.25) is 0 Å². The number of benzene rings is 1. The number of nitrogens with zero attached hydrogens (tertiary/aromatic N) is 3. The fourth-order valence-corrected chi connectivity index (χ4v) is 6.94. The summed E-state index contributed by atoms with van der Waals surface area (Å²) in [7, 11) is 2.10. The van der Waals surface area contributed by atoms with Gasteiger partial charge in [-0.3, -0.25) is 14.5 Å². The largest absolute Gasteiger partial charge is 0.388 e. The van der Waals surface area contributed by atoms with Crippen molar-refractivity contribution in [3.8, 4) is 11.3 Å². The summed E-state index contributed by atoms with van der Waals surface area (Å²) in [6, 6.07) is 11.7. The Morgan fingerprint density at radius 1 is 1.20 bits per heavy atom. The Kier molecular flexibility index (Phi) is 6.96. The van der Waals surface area contributed by atoms with Crippen LogP contribution in [0.25, 0.3) is 11.3 Å². The Morgan fingerprint density at radius 3 is 2.73 bits per heavy atom. The van der Waals surface area contributed by atoms with Crippen molar-refractivity contribution in [1.82, 2.24) is 20.1 Å². The molecule has 1 amide bonds. The van der Waals surface area contributed by atoms with Gasteiger partial charge in [0.2, 0.25) is 0 Å². The topological polar surface area (TPSA) is 123 Å². The summed E-state index contributed by atoms with van der Waals surface area (Å²) in [5, 5.41) is 22.9. The van der Waals surface area contributed by atoms with E-state index in [1.54, 1.807) is 12.1 Å². The van der Waals surface area contributed by atoms with Gasteiger partial charge >= 0.3 is 0 Å². The van der Waals surface area contributed by atoms with Gasteiger partial charge < -0.3 is 15.7 Å². The number of likely N-dealkylation sites (tertiary alicyclic amines) is 1. The highest BCUT2D eigenvalue weighted by Gasteiger charge is 2.40. The lowest BCUT2D eigenvalue weighted by Crippen LogP contribution is -2.18. The van der Waals surface area contributed by atoms with E-state index in [-0.39, 0.29) is 16.8 Å². The predicted octanol–water partition coefficient (Wildman–Crippen LogP) is 5.41. The van der Waals surface area contributed by atoms with Crippen molar-refractivity contribution in [2.24, 2.45) is 5.41 Å². The fraction of sp³-hybridized carbons (Fsp3) is 0.333. The van der Waals surface area contributed by atoms with Gasteiger partial charge in [0, 0.05) is 22.7 Å². The number of fused-ring (bicyclic) bond motifs is 1. The molecule has 0 bridgehead atoms. The molecule has 1 aliphatic carbocycles. The Morgan fingerprint density at radius 2 is 2.02 bits per heavy atom. The van der Waals surface area contributed by atoms with E-state index >= 15 is 0 Å². The van der Waals surface area contributed by atoms with Gasteiger partial charge in [-0.25, -0.2) is 14.5 Å². The fourth-order valence-electron chi connectivity index (χ4n) is 5.61. The van der Waals surface area contributed by atoms with Gasteiger partial charge in [0.15, 0.2) is 0 Å². The molecule has 0 spiro atoms. The molecule has 212 valence electrons. The zero-order chi connectivity index (χ0) is 28.9. The van der Waals surface area contributed by atoms with Gasteiger partial charge in [0.25, 0.3) is 11.5 Å². The molecule has 9 nitrogen and oxygen atoms in total. The number of hydrogen-bond acceptors (Lipinski definition) is 8. The van der Waals surface area contributed by atoms with Crippen LogP contribution in [0.5, 0.6) is 0 Å². The average Bonchev–Trinajstić information content (AvgIpc) is 3.62. The molecule has 2 aliphatic rings. The number of pyridine rings is 1. The first-order valence-electron chi connectivity index (χ1n) is 13.5. The first kappa shape index (κ1) is 27.3. The number of thiophene rings is 1. The predicted molar refractivity (Wildman–Crippen MR) is 157 cm³/mol. The highest BCUT2D eigenvalue weighted by atomic mass is 32.1. The van der Waals surface area contributed by atoms with Gasteiger partial charge in [-0.1, -0.05) is 19.9 Å². The molecule has 1 aliphatic heterocycles. The molecule has 1 saturated heterocycles. The molecule has 4 heterocycles. The monoisotopic (exact) mass is 574 g/mol. The minimum absolute atomic E-state index is 0.0152. The van der Waals surface area contributed by atoms with E-state index in [0.717, 1.165) is 35.4 Å². The van der Waals surface area contributed by atoms with E-state index in [1.807, 2.05) is 32.2 Å². The number of hydrogen-bond donors (Lipinski definition) is 4. The number of aromatic nitrogens is 3. The molecule has 1 fully saturated rings. The minimum atomic E-state index is -0.647. The highest BCUT2D eigenvalue weighted by molar-refractivity contribution is 7.14. The van der Waals surface area contributed by atoms with Crippen LogP contribution in [0.1, 0.15) is 64.5 Å². The smallest absolute Gasteiger partial charge is 0.287 e. The summed E-state index contributed by atoms with van der Waals surface area (Å²) in [5.74, 6) is -0.548. The third-order valence-electron chi connectivity index (χ3n) is 7.98. The summed E-state index contributed by atoms with van der Waals surface area (Å²) < 4.78 is 14.7. The third-order valence-corrected chi connectivity index (χ3v) is 9.13. The lowest BCUT2D eigenvalue weighted by atomic mass is 9.88. The summed E-state index contributed by atoms with van der Waals surface area (Å²) in [4.78, 5) is 33.7. The Balaban J connectivity index is 1.20. The van der Waals surface area contributed by atoms with Gasteiger partial charge in [-0.15, -0.1) is 11.3 Å².